The van der Waals surface area contributed by atoms with Gasteiger partial charge in [0.2, 0.25) is 0 Å². The lowest BCUT2D eigenvalue weighted by Gasteiger charge is -2.26. The average molecular weight is 286 g/mol. The molecule has 1 aliphatic rings. The van der Waals surface area contributed by atoms with Crippen molar-refractivity contribution in [2.45, 2.75) is 44.2 Å². The third-order valence-corrected chi connectivity index (χ3v) is 5.21. The second-order valence-electron chi connectivity index (χ2n) is 5.42. The normalized spacial score (nSPS) is 24.5. The number of hydrogen-bond acceptors (Lipinski definition) is 4. The van der Waals surface area contributed by atoms with Crippen molar-refractivity contribution >= 4 is 10.0 Å². The number of sulfonamides is 1. The third kappa shape index (κ3) is 3.55. The predicted octanol–water partition coefficient (Wildman–Crippen LogP) is 0.973. The van der Waals surface area contributed by atoms with Gasteiger partial charge in [0.25, 0.3) is 10.0 Å². The average Bonchev–Trinajstić information content (AvgIpc) is 2.86. The Morgan fingerprint density at radius 3 is 3.00 bits per heavy atom. The van der Waals surface area contributed by atoms with E-state index >= 15 is 0 Å². The van der Waals surface area contributed by atoms with Crippen molar-refractivity contribution in [2.75, 3.05) is 6.54 Å². The lowest BCUT2D eigenvalue weighted by Crippen LogP contribution is -2.32. The Morgan fingerprint density at radius 2 is 2.32 bits per heavy atom. The Bertz CT molecular complexity index is 512. The van der Waals surface area contributed by atoms with Gasteiger partial charge in [0.1, 0.15) is 0 Å². The van der Waals surface area contributed by atoms with E-state index in [2.05, 4.69) is 21.8 Å². The molecule has 1 aliphatic carbocycles. The number of aromatic amines is 1. The van der Waals surface area contributed by atoms with Crippen LogP contribution < -0.4 is 10.5 Å². The van der Waals surface area contributed by atoms with Crippen molar-refractivity contribution in [3.63, 3.8) is 0 Å². The van der Waals surface area contributed by atoms with E-state index in [1.54, 1.807) is 0 Å². The van der Waals surface area contributed by atoms with Gasteiger partial charge in [0, 0.05) is 18.7 Å². The second-order valence-corrected chi connectivity index (χ2v) is 7.12. The second kappa shape index (κ2) is 6.02. The van der Waals surface area contributed by atoms with Crippen LogP contribution in [0.1, 0.15) is 38.2 Å². The zero-order valence-electron chi connectivity index (χ0n) is 11.2. The minimum absolute atomic E-state index is 0.0962. The monoisotopic (exact) mass is 286 g/mol. The quantitative estimate of drug-likeness (QED) is 0.750. The molecule has 19 heavy (non-hydrogen) atoms. The van der Waals surface area contributed by atoms with Gasteiger partial charge in [-0.1, -0.05) is 19.8 Å². The van der Waals surface area contributed by atoms with Crippen LogP contribution in [-0.2, 0) is 16.6 Å². The zero-order chi connectivity index (χ0) is 13.9. The fraction of sp³-hybridized carbons (Fsp3) is 0.750. The summed E-state index contributed by atoms with van der Waals surface area (Å²) in [5.41, 5.74) is 6.01. The summed E-state index contributed by atoms with van der Waals surface area (Å²) in [5.74, 6) is 1.12. The highest BCUT2D eigenvalue weighted by molar-refractivity contribution is 7.89. The summed E-state index contributed by atoms with van der Waals surface area (Å²) in [4.78, 5) is 0. The van der Waals surface area contributed by atoms with Crippen LogP contribution in [0.3, 0.4) is 0 Å². The van der Waals surface area contributed by atoms with E-state index in [9.17, 15) is 8.42 Å². The van der Waals surface area contributed by atoms with Crippen molar-refractivity contribution in [3.05, 3.63) is 11.8 Å². The molecular weight excluding hydrogens is 264 g/mol. The SMILES string of the molecule is CC1CCCC(CNS(=O)(=O)c2[nH]ncc2CN)C1. The molecule has 1 saturated carbocycles. The van der Waals surface area contributed by atoms with Crippen molar-refractivity contribution in [2.24, 2.45) is 17.6 Å². The summed E-state index contributed by atoms with van der Waals surface area (Å²) >= 11 is 0. The van der Waals surface area contributed by atoms with E-state index in [1.807, 2.05) is 0 Å². The largest absolute Gasteiger partial charge is 0.326 e. The minimum atomic E-state index is -3.52. The molecule has 6 nitrogen and oxygen atoms in total. The predicted molar refractivity (Wildman–Crippen MR) is 72.8 cm³/mol. The summed E-state index contributed by atoms with van der Waals surface area (Å²) in [6.07, 6.45) is 6.08. The van der Waals surface area contributed by atoms with Crippen LogP contribution in [-0.4, -0.2) is 25.2 Å². The summed E-state index contributed by atoms with van der Waals surface area (Å²) in [5, 5.41) is 6.35. The molecule has 4 N–H and O–H groups in total. The van der Waals surface area contributed by atoms with Gasteiger partial charge in [-0.05, 0) is 24.7 Å². The Morgan fingerprint density at radius 1 is 1.53 bits per heavy atom. The maximum absolute atomic E-state index is 12.2. The van der Waals surface area contributed by atoms with Crippen molar-refractivity contribution < 1.29 is 8.42 Å². The summed E-state index contributed by atoms with van der Waals surface area (Å²) in [7, 11) is -3.52. The topological polar surface area (TPSA) is 101 Å². The Kier molecular flexibility index (Phi) is 4.59. The molecule has 2 unspecified atom stereocenters. The number of aromatic nitrogens is 2. The van der Waals surface area contributed by atoms with Gasteiger partial charge in [0.05, 0.1) is 6.20 Å². The molecule has 0 amide bonds. The first-order chi connectivity index (χ1) is 9.03. The van der Waals surface area contributed by atoms with Crippen LogP contribution in [0.5, 0.6) is 0 Å². The Balaban J connectivity index is 1.98. The summed E-state index contributed by atoms with van der Waals surface area (Å²) in [6, 6.07) is 0. The molecule has 0 saturated heterocycles. The molecule has 1 aromatic rings. The van der Waals surface area contributed by atoms with Gasteiger partial charge in [-0.2, -0.15) is 5.10 Å². The van der Waals surface area contributed by atoms with Crippen LogP contribution in [0, 0.1) is 11.8 Å². The molecule has 0 aromatic carbocycles. The van der Waals surface area contributed by atoms with E-state index < -0.39 is 10.0 Å². The third-order valence-electron chi connectivity index (χ3n) is 3.77. The highest BCUT2D eigenvalue weighted by Gasteiger charge is 2.24. The van der Waals surface area contributed by atoms with Crippen molar-refractivity contribution in [1.82, 2.24) is 14.9 Å². The molecular formula is C12H22N4O2S. The molecule has 1 heterocycles. The molecule has 0 radical (unpaired) electrons. The number of nitrogens with one attached hydrogen (secondary N) is 2. The van der Waals surface area contributed by atoms with Crippen LogP contribution >= 0.6 is 0 Å². The van der Waals surface area contributed by atoms with Crippen LogP contribution in [0.25, 0.3) is 0 Å². The smallest absolute Gasteiger partial charge is 0.257 e. The number of rotatable bonds is 5. The van der Waals surface area contributed by atoms with Crippen molar-refractivity contribution in [3.8, 4) is 0 Å². The Hall–Kier alpha value is -0.920. The van der Waals surface area contributed by atoms with Gasteiger partial charge in [-0.3, -0.25) is 5.10 Å². The highest BCUT2D eigenvalue weighted by Crippen LogP contribution is 2.28. The minimum Gasteiger partial charge on any atom is -0.326 e. The molecule has 0 bridgehead atoms. The van der Waals surface area contributed by atoms with E-state index in [0.29, 0.717) is 23.9 Å². The summed E-state index contributed by atoms with van der Waals surface area (Å²) in [6.45, 7) is 2.88. The highest BCUT2D eigenvalue weighted by atomic mass is 32.2. The number of hydrogen-bond donors (Lipinski definition) is 3. The molecule has 1 aromatic heterocycles. The van der Waals surface area contributed by atoms with Gasteiger partial charge in [-0.15, -0.1) is 0 Å². The van der Waals surface area contributed by atoms with E-state index in [-0.39, 0.29) is 11.6 Å². The van der Waals surface area contributed by atoms with Crippen molar-refractivity contribution in [1.29, 1.82) is 0 Å². The lowest BCUT2D eigenvalue weighted by atomic mass is 9.83. The fourth-order valence-electron chi connectivity index (χ4n) is 2.72. The van der Waals surface area contributed by atoms with Crippen LogP contribution in [0.2, 0.25) is 0 Å². The van der Waals surface area contributed by atoms with E-state index in [1.165, 1.54) is 19.0 Å². The first-order valence-electron chi connectivity index (χ1n) is 6.75. The number of nitrogens with zero attached hydrogens (tertiary/aromatic N) is 1. The van der Waals surface area contributed by atoms with Gasteiger partial charge >= 0.3 is 0 Å². The van der Waals surface area contributed by atoms with E-state index in [0.717, 1.165) is 12.8 Å². The Labute approximate surface area is 114 Å². The zero-order valence-corrected chi connectivity index (χ0v) is 12.0. The first-order valence-corrected chi connectivity index (χ1v) is 8.23. The summed E-state index contributed by atoms with van der Waals surface area (Å²) < 4.78 is 27.0. The van der Waals surface area contributed by atoms with Gasteiger partial charge in [0.15, 0.2) is 5.03 Å². The first kappa shape index (κ1) is 14.5. The number of nitrogens with two attached hydrogens (primary N) is 1. The molecule has 108 valence electrons. The maximum Gasteiger partial charge on any atom is 0.257 e. The number of H-pyrrole nitrogens is 1. The van der Waals surface area contributed by atoms with Crippen LogP contribution in [0.15, 0.2) is 11.2 Å². The van der Waals surface area contributed by atoms with Gasteiger partial charge in [-0.25, -0.2) is 13.1 Å². The molecule has 0 spiro atoms. The lowest BCUT2D eigenvalue weighted by molar-refractivity contribution is 0.283. The van der Waals surface area contributed by atoms with E-state index in [4.69, 9.17) is 5.73 Å². The molecule has 2 atom stereocenters. The van der Waals surface area contributed by atoms with Crippen LogP contribution in [0.4, 0.5) is 0 Å². The maximum atomic E-state index is 12.2. The fourth-order valence-corrected chi connectivity index (χ4v) is 3.98. The molecule has 2 rings (SSSR count). The standard InChI is InChI=1S/C12H22N4O2S/c1-9-3-2-4-10(5-9)7-15-19(17,18)12-11(6-13)8-14-16-12/h8-10,15H,2-7,13H2,1H3,(H,14,16). The van der Waals surface area contributed by atoms with Gasteiger partial charge < -0.3 is 5.73 Å². The molecule has 1 fully saturated rings. The molecule has 0 aliphatic heterocycles. The molecule has 7 heteroatoms.